The molecule has 0 radical (unpaired) electrons. The summed E-state index contributed by atoms with van der Waals surface area (Å²) in [4.78, 5) is 31.0. The van der Waals surface area contributed by atoms with Gasteiger partial charge in [-0.25, -0.2) is 9.78 Å². The van der Waals surface area contributed by atoms with E-state index in [-0.39, 0.29) is 18.9 Å². The van der Waals surface area contributed by atoms with Crippen molar-refractivity contribution in [3.8, 4) is 17.4 Å². The molecule has 1 atom stereocenters. The van der Waals surface area contributed by atoms with Gasteiger partial charge in [0.25, 0.3) is 0 Å². The van der Waals surface area contributed by atoms with Gasteiger partial charge in [0.15, 0.2) is 0 Å². The van der Waals surface area contributed by atoms with Crippen LogP contribution in [0.1, 0.15) is 45.3 Å². The molecule has 0 spiro atoms. The van der Waals surface area contributed by atoms with Crippen LogP contribution in [0.15, 0.2) is 30.7 Å². The van der Waals surface area contributed by atoms with Crippen LogP contribution in [-0.4, -0.2) is 58.0 Å². The molecule has 0 fully saturated rings. The van der Waals surface area contributed by atoms with E-state index in [1.165, 1.54) is 18.6 Å². The van der Waals surface area contributed by atoms with Crippen molar-refractivity contribution in [3.63, 3.8) is 0 Å². The number of alkyl carbamates (subject to hydrolysis) is 1. The van der Waals surface area contributed by atoms with Crippen molar-refractivity contribution in [3.05, 3.63) is 36.3 Å². The van der Waals surface area contributed by atoms with Gasteiger partial charge in [-0.1, -0.05) is 0 Å². The highest BCUT2D eigenvalue weighted by Crippen LogP contribution is 2.37. The molecular formula is C21H26BN3O8. The summed E-state index contributed by atoms with van der Waals surface area (Å²) in [7, 11) is -1.33. The van der Waals surface area contributed by atoms with E-state index in [1.807, 2.05) is 0 Å². The minimum atomic E-state index is -1.33. The summed E-state index contributed by atoms with van der Waals surface area (Å²) in [5, 5.41) is 22.2. The van der Waals surface area contributed by atoms with Gasteiger partial charge in [0.2, 0.25) is 5.88 Å². The summed E-state index contributed by atoms with van der Waals surface area (Å²) in [6, 6.07) is 3.12. The average molecular weight is 459 g/mol. The first-order valence-corrected chi connectivity index (χ1v) is 10.4. The van der Waals surface area contributed by atoms with Gasteiger partial charge in [-0.3, -0.25) is 9.78 Å². The third-order valence-corrected chi connectivity index (χ3v) is 4.40. The van der Waals surface area contributed by atoms with Crippen LogP contribution in [0.3, 0.4) is 0 Å². The number of nitrogens with one attached hydrogen (secondary N) is 1. The molecule has 33 heavy (non-hydrogen) atoms. The molecule has 3 N–H and O–H groups in total. The van der Waals surface area contributed by atoms with Crippen LogP contribution in [-0.2, 0) is 14.2 Å². The zero-order chi connectivity index (χ0) is 24.0. The molecule has 0 saturated carbocycles. The molecule has 3 rings (SSSR count). The van der Waals surface area contributed by atoms with Crippen molar-refractivity contribution in [1.29, 1.82) is 0 Å². The second-order valence-corrected chi connectivity index (χ2v) is 8.28. The van der Waals surface area contributed by atoms with Crippen LogP contribution >= 0.6 is 0 Å². The number of carbonyl (C=O) groups excluding carboxylic acids is 1. The average Bonchev–Trinajstić information content (AvgIpc) is 3.02. The van der Waals surface area contributed by atoms with Gasteiger partial charge in [0, 0.05) is 30.6 Å². The predicted octanol–water partition coefficient (Wildman–Crippen LogP) is 1.80. The van der Waals surface area contributed by atoms with Gasteiger partial charge in [-0.05, 0) is 38.7 Å². The SMILES string of the molecule is CC(C)(C)OC(=O)NCCCOc1cc(Oc2cnccn2)cc2c1C(CC(=O)O)OB2O. The number of carboxylic acid groups (broad SMARTS) is 1. The van der Waals surface area contributed by atoms with Crippen LogP contribution in [0.5, 0.6) is 17.4 Å². The summed E-state index contributed by atoms with van der Waals surface area (Å²) >= 11 is 0. The number of aliphatic carboxylic acids is 1. The van der Waals surface area contributed by atoms with Gasteiger partial charge in [-0.15, -0.1) is 0 Å². The molecule has 1 aromatic heterocycles. The van der Waals surface area contributed by atoms with E-state index in [1.54, 1.807) is 32.9 Å². The molecule has 11 nitrogen and oxygen atoms in total. The number of carboxylic acids is 1. The Morgan fingerprint density at radius 1 is 1.27 bits per heavy atom. The summed E-state index contributed by atoms with van der Waals surface area (Å²) in [5.41, 5.74) is 0.200. The minimum absolute atomic E-state index is 0.201. The number of hydrogen-bond acceptors (Lipinski definition) is 9. The molecule has 2 heterocycles. The van der Waals surface area contributed by atoms with Crippen LogP contribution in [0.2, 0.25) is 0 Å². The van der Waals surface area contributed by atoms with E-state index in [9.17, 15) is 19.7 Å². The number of aromatic nitrogens is 2. The molecule has 176 valence electrons. The number of fused-ring (bicyclic) bond motifs is 1. The molecule has 1 aliphatic rings. The minimum Gasteiger partial charge on any atom is -0.493 e. The van der Waals surface area contributed by atoms with E-state index in [2.05, 4.69) is 15.3 Å². The van der Waals surface area contributed by atoms with Gasteiger partial charge in [0.05, 0.1) is 25.3 Å². The third kappa shape index (κ3) is 7.06. The summed E-state index contributed by atoms with van der Waals surface area (Å²) in [6.07, 6.45) is 3.10. The topological polar surface area (TPSA) is 149 Å². The van der Waals surface area contributed by atoms with E-state index in [0.29, 0.717) is 35.5 Å². The quantitative estimate of drug-likeness (QED) is 0.374. The van der Waals surface area contributed by atoms with Crippen molar-refractivity contribution in [2.45, 2.75) is 45.3 Å². The van der Waals surface area contributed by atoms with Crippen molar-refractivity contribution >= 4 is 24.6 Å². The summed E-state index contributed by atoms with van der Waals surface area (Å²) in [5.74, 6) is -0.214. The van der Waals surface area contributed by atoms with Crippen molar-refractivity contribution in [2.24, 2.45) is 0 Å². The number of ether oxygens (including phenoxy) is 3. The molecule has 0 aliphatic carbocycles. The van der Waals surface area contributed by atoms with Gasteiger partial charge < -0.3 is 34.3 Å². The van der Waals surface area contributed by atoms with Gasteiger partial charge in [-0.2, -0.15) is 0 Å². The number of nitrogens with zero attached hydrogens (tertiary/aromatic N) is 2. The second kappa shape index (κ2) is 10.5. The van der Waals surface area contributed by atoms with Crippen molar-refractivity contribution in [1.82, 2.24) is 15.3 Å². The fourth-order valence-electron chi connectivity index (χ4n) is 3.17. The Morgan fingerprint density at radius 3 is 2.73 bits per heavy atom. The van der Waals surface area contributed by atoms with Gasteiger partial charge in [0.1, 0.15) is 17.1 Å². The Balaban J connectivity index is 1.72. The maximum absolute atomic E-state index is 11.7. The molecule has 1 aromatic carbocycles. The highest BCUT2D eigenvalue weighted by atomic mass is 16.6. The normalized spacial score (nSPS) is 15.0. The molecule has 12 heteroatoms. The summed E-state index contributed by atoms with van der Waals surface area (Å²) in [6.45, 7) is 5.83. The number of benzene rings is 1. The lowest BCUT2D eigenvalue weighted by Crippen LogP contribution is -2.33. The molecule has 0 bridgehead atoms. The van der Waals surface area contributed by atoms with Crippen LogP contribution in [0, 0.1) is 0 Å². The molecule has 1 amide bonds. The Morgan fingerprint density at radius 2 is 2.06 bits per heavy atom. The monoisotopic (exact) mass is 459 g/mol. The first kappa shape index (κ1) is 24.3. The molecule has 1 unspecified atom stereocenters. The maximum Gasteiger partial charge on any atom is 0.492 e. The lowest BCUT2D eigenvalue weighted by Gasteiger charge is -2.20. The van der Waals surface area contributed by atoms with Crippen molar-refractivity contribution < 1.29 is 38.6 Å². The second-order valence-electron chi connectivity index (χ2n) is 8.28. The molecule has 1 aliphatic heterocycles. The van der Waals surface area contributed by atoms with Crippen LogP contribution < -0.4 is 20.3 Å². The molecule has 2 aromatic rings. The van der Waals surface area contributed by atoms with E-state index >= 15 is 0 Å². The Hall–Kier alpha value is -3.38. The number of carbonyl (C=O) groups is 2. The lowest BCUT2D eigenvalue weighted by atomic mass is 9.78. The Labute approximate surface area is 191 Å². The third-order valence-electron chi connectivity index (χ3n) is 4.40. The van der Waals surface area contributed by atoms with Gasteiger partial charge >= 0.3 is 19.2 Å². The zero-order valence-electron chi connectivity index (χ0n) is 18.6. The fraction of sp³-hybridized carbons (Fsp3) is 0.429. The summed E-state index contributed by atoms with van der Waals surface area (Å²) < 4.78 is 22.2. The Bertz CT molecular complexity index is 983. The van der Waals surface area contributed by atoms with E-state index < -0.39 is 30.9 Å². The molecular weight excluding hydrogens is 433 g/mol. The standard InChI is InChI=1S/C21H26BN3O8/c1-21(2,3)32-20(28)25-5-4-8-30-15-10-13(31-17-12-23-6-7-24-17)9-14-19(15)16(11-18(26)27)33-22(14)29/h6-7,9-10,12,16,29H,4-5,8,11H2,1-3H3,(H,25,28)(H,26,27). The van der Waals surface area contributed by atoms with E-state index in [0.717, 1.165) is 0 Å². The smallest absolute Gasteiger partial charge is 0.492 e. The maximum atomic E-state index is 11.7. The number of amides is 1. The van der Waals surface area contributed by atoms with E-state index in [4.69, 9.17) is 18.9 Å². The fourth-order valence-corrected chi connectivity index (χ4v) is 3.17. The predicted molar refractivity (Wildman–Crippen MR) is 117 cm³/mol. The first-order chi connectivity index (χ1) is 15.6. The zero-order valence-corrected chi connectivity index (χ0v) is 18.6. The van der Waals surface area contributed by atoms with Crippen LogP contribution in [0.4, 0.5) is 4.79 Å². The first-order valence-electron chi connectivity index (χ1n) is 10.4. The Kier molecular flexibility index (Phi) is 7.72. The van der Waals surface area contributed by atoms with Crippen molar-refractivity contribution in [2.75, 3.05) is 13.2 Å². The number of hydrogen-bond donors (Lipinski definition) is 3. The highest BCUT2D eigenvalue weighted by Gasteiger charge is 2.39. The largest absolute Gasteiger partial charge is 0.493 e. The highest BCUT2D eigenvalue weighted by molar-refractivity contribution is 6.62. The molecule has 0 saturated heterocycles. The number of rotatable bonds is 9. The lowest BCUT2D eigenvalue weighted by molar-refractivity contribution is -0.138. The van der Waals surface area contributed by atoms with Crippen LogP contribution in [0.25, 0.3) is 0 Å².